The Hall–Kier alpha value is -1.06. The molecule has 0 aliphatic heterocycles. The first-order valence-electron chi connectivity index (χ1n) is 12.7. The van der Waals surface area contributed by atoms with Crippen LogP contribution in [0.1, 0.15) is 87.1 Å². The summed E-state index contributed by atoms with van der Waals surface area (Å²) in [7, 11) is 2.21. The minimum Gasteiger partial charge on any atom is -0.351 e. The van der Waals surface area contributed by atoms with Crippen LogP contribution in [0.4, 0.5) is 0 Å². The number of carbonyl (C=O) groups excluding carboxylic acids is 1. The van der Waals surface area contributed by atoms with Crippen LogP contribution in [0.3, 0.4) is 0 Å². The van der Waals surface area contributed by atoms with E-state index in [0.29, 0.717) is 16.0 Å². The van der Waals surface area contributed by atoms with Crippen LogP contribution in [-0.2, 0) is 6.42 Å². The minimum absolute atomic E-state index is 0.0132. The molecular weight excluding hydrogens is 404 g/mol. The number of carbonyl (C=O) groups is 1. The Morgan fingerprint density at radius 3 is 2.35 bits per heavy atom. The molecule has 0 unspecified atom stereocenters. The number of halogens is 1. The molecule has 0 aromatic heterocycles. The fraction of sp³-hybridized carbons (Fsp3) is 0.741. The van der Waals surface area contributed by atoms with Gasteiger partial charge in [-0.2, -0.15) is 0 Å². The zero-order chi connectivity index (χ0) is 21.8. The predicted octanol–water partition coefficient (Wildman–Crippen LogP) is 6.34. The Balaban J connectivity index is 1.28. The van der Waals surface area contributed by atoms with Crippen molar-refractivity contribution in [1.82, 2.24) is 10.2 Å². The number of hydrogen-bond acceptors (Lipinski definition) is 2. The molecule has 1 aromatic carbocycles. The summed E-state index contributed by atoms with van der Waals surface area (Å²) in [5.74, 6) is 2.75. The molecular formula is C27H41ClN2O. The SMILES string of the molecule is CCCCCN(C)CCCc1ccc(Cl)c(C(=O)NCC23CC4CC(CC(C4)C2)C3)c1. The molecule has 4 aliphatic rings. The molecule has 0 radical (unpaired) electrons. The van der Waals surface area contributed by atoms with Crippen LogP contribution < -0.4 is 5.32 Å². The van der Waals surface area contributed by atoms with Crippen LogP contribution in [0.15, 0.2) is 18.2 Å². The lowest BCUT2D eigenvalue weighted by Crippen LogP contribution is -2.51. The first-order chi connectivity index (χ1) is 15.0. The van der Waals surface area contributed by atoms with Gasteiger partial charge in [-0.1, -0.05) is 37.4 Å². The third-order valence-corrected chi connectivity index (χ3v) is 8.54. The summed E-state index contributed by atoms with van der Waals surface area (Å²) in [4.78, 5) is 15.5. The van der Waals surface area contributed by atoms with Crippen molar-refractivity contribution < 1.29 is 4.79 Å². The van der Waals surface area contributed by atoms with Gasteiger partial charge in [-0.25, -0.2) is 0 Å². The van der Waals surface area contributed by atoms with Crippen molar-refractivity contribution in [1.29, 1.82) is 0 Å². The number of benzene rings is 1. The molecule has 4 heteroatoms. The second kappa shape index (κ2) is 10.3. The molecule has 5 rings (SSSR count). The van der Waals surface area contributed by atoms with Gasteiger partial charge in [0.25, 0.3) is 5.91 Å². The van der Waals surface area contributed by atoms with Crippen molar-refractivity contribution in [2.24, 2.45) is 23.2 Å². The van der Waals surface area contributed by atoms with E-state index in [1.807, 2.05) is 12.1 Å². The number of nitrogens with zero attached hydrogens (tertiary/aromatic N) is 1. The van der Waals surface area contributed by atoms with Crippen molar-refractivity contribution in [2.75, 3.05) is 26.7 Å². The highest BCUT2D eigenvalue weighted by Crippen LogP contribution is 2.59. The van der Waals surface area contributed by atoms with Crippen LogP contribution in [0, 0.1) is 23.2 Å². The molecule has 172 valence electrons. The lowest BCUT2D eigenvalue weighted by atomic mass is 9.49. The highest BCUT2D eigenvalue weighted by Gasteiger charge is 2.50. The third kappa shape index (κ3) is 5.85. The zero-order valence-electron chi connectivity index (χ0n) is 19.6. The van der Waals surface area contributed by atoms with Gasteiger partial charge in [0.1, 0.15) is 0 Å². The van der Waals surface area contributed by atoms with Crippen LogP contribution in [0.25, 0.3) is 0 Å². The Morgan fingerprint density at radius 1 is 1.06 bits per heavy atom. The molecule has 4 aliphatic carbocycles. The number of amides is 1. The molecule has 31 heavy (non-hydrogen) atoms. The van der Waals surface area contributed by atoms with E-state index in [2.05, 4.69) is 30.3 Å². The zero-order valence-corrected chi connectivity index (χ0v) is 20.4. The maximum atomic E-state index is 13.0. The molecule has 4 saturated carbocycles. The monoisotopic (exact) mass is 444 g/mol. The van der Waals surface area contributed by atoms with Crippen molar-refractivity contribution in [3.63, 3.8) is 0 Å². The lowest BCUT2D eigenvalue weighted by molar-refractivity contribution is -0.0503. The number of unbranched alkanes of at least 4 members (excludes halogenated alkanes) is 2. The van der Waals surface area contributed by atoms with Gasteiger partial charge in [-0.05, 0) is 119 Å². The van der Waals surface area contributed by atoms with Gasteiger partial charge in [0.2, 0.25) is 0 Å². The van der Waals surface area contributed by atoms with Crippen LogP contribution >= 0.6 is 11.6 Å². The highest BCUT2D eigenvalue weighted by atomic mass is 35.5. The molecule has 4 bridgehead atoms. The Bertz CT molecular complexity index is 726. The molecule has 1 N–H and O–H groups in total. The highest BCUT2D eigenvalue weighted by molar-refractivity contribution is 6.33. The Kier molecular flexibility index (Phi) is 7.64. The molecule has 0 saturated heterocycles. The van der Waals surface area contributed by atoms with Crippen molar-refractivity contribution in [3.05, 3.63) is 34.3 Å². The Labute approximate surface area is 194 Å². The average Bonchev–Trinajstić information content (AvgIpc) is 2.72. The van der Waals surface area contributed by atoms with Gasteiger partial charge in [-0.15, -0.1) is 0 Å². The molecule has 1 aromatic rings. The van der Waals surface area contributed by atoms with E-state index in [9.17, 15) is 4.79 Å². The molecule has 0 atom stereocenters. The standard InChI is InChI=1S/C27H41ClN2O/c1-3-4-5-10-30(2)11-6-7-20-8-9-25(28)24(15-20)26(31)29-19-27-16-21-12-22(17-27)14-23(13-21)18-27/h8-9,15,21-23H,3-7,10-14,16-19H2,1-2H3,(H,29,31). The topological polar surface area (TPSA) is 32.3 Å². The maximum absolute atomic E-state index is 13.0. The van der Waals surface area contributed by atoms with E-state index in [1.54, 1.807) is 0 Å². The number of aryl methyl sites for hydroxylation is 1. The predicted molar refractivity (Wildman–Crippen MR) is 130 cm³/mol. The summed E-state index contributed by atoms with van der Waals surface area (Å²) in [6, 6.07) is 6.01. The third-order valence-electron chi connectivity index (χ3n) is 8.21. The minimum atomic E-state index is 0.0132. The van der Waals surface area contributed by atoms with Gasteiger partial charge in [0, 0.05) is 6.54 Å². The molecule has 0 heterocycles. The quantitative estimate of drug-likeness (QED) is 0.404. The summed E-state index contributed by atoms with van der Waals surface area (Å²) in [6.07, 6.45) is 14.2. The molecule has 0 spiro atoms. The van der Waals surface area contributed by atoms with Gasteiger partial charge in [0.05, 0.1) is 10.6 Å². The van der Waals surface area contributed by atoms with E-state index in [0.717, 1.165) is 43.7 Å². The largest absolute Gasteiger partial charge is 0.351 e. The smallest absolute Gasteiger partial charge is 0.252 e. The summed E-state index contributed by atoms with van der Waals surface area (Å²) in [5.41, 5.74) is 2.23. The van der Waals surface area contributed by atoms with Crippen LogP contribution in [0.5, 0.6) is 0 Å². The molecule has 3 nitrogen and oxygen atoms in total. The fourth-order valence-electron chi connectivity index (χ4n) is 7.07. The van der Waals surface area contributed by atoms with E-state index in [4.69, 9.17) is 11.6 Å². The molecule has 4 fully saturated rings. The van der Waals surface area contributed by atoms with Crippen molar-refractivity contribution in [2.45, 2.75) is 77.6 Å². The van der Waals surface area contributed by atoms with Crippen LogP contribution in [-0.4, -0.2) is 37.5 Å². The summed E-state index contributed by atoms with van der Waals surface area (Å²) >= 11 is 6.43. The first-order valence-corrected chi connectivity index (χ1v) is 13.1. The summed E-state index contributed by atoms with van der Waals surface area (Å²) in [5, 5.41) is 3.87. The normalized spacial score (nSPS) is 29.0. The van der Waals surface area contributed by atoms with Crippen LogP contribution in [0.2, 0.25) is 5.02 Å². The second-order valence-electron chi connectivity index (χ2n) is 11.0. The summed E-state index contributed by atoms with van der Waals surface area (Å²) < 4.78 is 0. The van der Waals surface area contributed by atoms with Gasteiger partial charge < -0.3 is 10.2 Å². The lowest BCUT2D eigenvalue weighted by Gasteiger charge is -2.56. The van der Waals surface area contributed by atoms with Gasteiger partial charge in [0.15, 0.2) is 0 Å². The average molecular weight is 445 g/mol. The van der Waals surface area contributed by atoms with E-state index >= 15 is 0 Å². The Morgan fingerprint density at radius 2 is 1.71 bits per heavy atom. The van der Waals surface area contributed by atoms with E-state index in [1.165, 1.54) is 69.9 Å². The number of rotatable bonds is 11. The second-order valence-corrected chi connectivity index (χ2v) is 11.4. The number of nitrogens with one attached hydrogen (secondary N) is 1. The maximum Gasteiger partial charge on any atom is 0.252 e. The van der Waals surface area contributed by atoms with E-state index < -0.39 is 0 Å². The van der Waals surface area contributed by atoms with Gasteiger partial charge >= 0.3 is 0 Å². The summed E-state index contributed by atoms with van der Waals surface area (Å²) in [6.45, 7) is 5.35. The van der Waals surface area contributed by atoms with Crippen molar-refractivity contribution in [3.8, 4) is 0 Å². The first kappa shape index (κ1) is 23.1. The van der Waals surface area contributed by atoms with Crippen molar-refractivity contribution >= 4 is 17.5 Å². The molecule has 1 amide bonds. The van der Waals surface area contributed by atoms with Gasteiger partial charge in [-0.3, -0.25) is 4.79 Å². The van der Waals surface area contributed by atoms with E-state index in [-0.39, 0.29) is 5.91 Å². The number of hydrogen-bond donors (Lipinski definition) is 1. The fourth-order valence-corrected chi connectivity index (χ4v) is 7.27.